The highest BCUT2D eigenvalue weighted by molar-refractivity contribution is 5.82. The minimum absolute atomic E-state index is 0.514. The Morgan fingerprint density at radius 1 is 1.18 bits per heavy atom. The standard InChI is InChI=1S/C12H15N3O2/c1-7-9(16-2)4-5-10(17-3)11(7)8-6-14-15-12(8)13/h4-6H,1-3H3,(H3,13,14,15). The smallest absolute Gasteiger partial charge is 0.127 e. The topological polar surface area (TPSA) is 73.2 Å². The first-order valence-electron chi connectivity index (χ1n) is 5.19. The van der Waals surface area contributed by atoms with Crippen molar-refractivity contribution in [3.63, 3.8) is 0 Å². The molecule has 0 spiro atoms. The van der Waals surface area contributed by atoms with Crippen molar-refractivity contribution in [2.24, 2.45) is 0 Å². The number of hydrogen-bond donors (Lipinski definition) is 2. The fourth-order valence-corrected chi connectivity index (χ4v) is 1.89. The molecule has 0 saturated heterocycles. The number of nitrogen functional groups attached to an aromatic ring is 1. The van der Waals surface area contributed by atoms with Gasteiger partial charge in [0.15, 0.2) is 0 Å². The summed E-state index contributed by atoms with van der Waals surface area (Å²) >= 11 is 0. The third kappa shape index (κ3) is 1.80. The molecule has 1 aromatic heterocycles. The number of ether oxygens (including phenoxy) is 2. The summed E-state index contributed by atoms with van der Waals surface area (Å²) in [5.41, 5.74) is 8.53. The van der Waals surface area contributed by atoms with Gasteiger partial charge < -0.3 is 15.2 Å². The molecule has 5 heteroatoms. The Labute approximate surface area is 99.5 Å². The van der Waals surface area contributed by atoms with Gasteiger partial charge in [0, 0.05) is 16.7 Å². The number of H-pyrrole nitrogens is 1. The van der Waals surface area contributed by atoms with Crippen LogP contribution in [0.4, 0.5) is 5.82 Å². The second-order valence-electron chi connectivity index (χ2n) is 3.67. The molecule has 90 valence electrons. The molecule has 5 nitrogen and oxygen atoms in total. The van der Waals surface area contributed by atoms with Gasteiger partial charge >= 0.3 is 0 Å². The highest BCUT2D eigenvalue weighted by Gasteiger charge is 2.16. The fraction of sp³-hybridized carbons (Fsp3) is 0.250. The fourth-order valence-electron chi connectivity index (χ4n) is 1.89. The molecule has 0 aliphatic heterocycles. The van der Waals surface area contributed by atoms with Crippen molar-refractivity contribution in [3.05, 3.63) is 23.9 Å². The number of nitrogens with zero attached hydrogens (tertiary/aromatic N) is 1. The molecule has 1 heterocycles. The Kier molecular flexibility index (Phi) is 2.91. The third-order valence-corrected chi connectivity index (χ3v) is 2.76. The Bertz CT molecular complexity index is 535. The number of nitrogens with two attached hydrogens (primary N) is 1. The number of anilines is 1. The molecule has 0 atom stereocenters. The molecule has 0 saturated carbocycles. The molecule has 17 heavy (non-hydrogen) atoms. The third-order valence-electron chi connectivity index (χ3n) is 2.76. The minimum Gasteiger partial charge on any atom is -0.496 e. The molecular formula is C12H15N3O2. The maximum Gasteiger partial charge on any atom is 0.127 e. The second kappa shape index (κ2) is 4.37. The van der Waals surface area contributed by atoms with E-state index in [-0.39, 0.29) is 0 Å². The molecule has 0 radical (unpaired) electrons. The lowest BCUT2D eigenvalue weighted by Gasteiger charge is -2.14. The predicted octanol–water partition coefficient (Wildman–Crippen LogP) is 1.98. The predicted molar refractivity (Wildman–Crippen MR) is 66.3 cm³/mol. The zero-order valence-electron chi connectivity index (χ0n) is 10.1. The number of aromatic nitrogens is 2. The highest BCUT2D eigenvalue weighted by atomic mass is 16.5. The summed E-state index contributed by atoms with van der Waals surface area (Å²) in [5.74, 6) is 2.05. The average Bonchev–Trinajstić information content (AvgIpc) is 2.75. The molecule has 0 aliphatic rings. The molecule has 0 unspecified atom stereocenters. The van der Waals surface area contributed by atoms with Crippen molar-refractivity contribution in [1.82, 2.24) is 10.2 Å². The first kappa shape index (κ1) is 11.3. The molecule has 2 rings (SSSR count). The van der Waals surface area contributed by atoms with Crippen molar-refractivity contribution >= 4 is 5.82 Å². The van der Waals surface area contributed by atoms with Crippen LogP contribution in [0.25, 0.3) is 11.1 Å². The summed E-state index contributed by atoms with van der Waals surface area (Å²) in [6.45, 7) is 1.96. The van der Waals surface area contributed by atoms with Gasteiger partial charge in [-0.3, -0.25) is 5.10 Å². The SMILES string of the molecule is COc1ccc(OC)c(-c2cn[nH]c2N)c1C. The summed E-state index contributed by atoms with van der Waals surface area (Å²) < 4.78 is 10.6. The van der Waals surface area contributed by atoms with Crippen LogP contribution in [0.3, 0.4) is 0 Å². The van der Waals surface area contributed by atoms with Crippen LogP contribution in [0.15, 0.2) is 18.3 Å². The Hall–Kier alpha value is -2.17. The van der Waals surface area contributed by atoms with Gasteiger partial charge in [0.2, 0.25) is 0 Å². The molecular weight excluding hydrogens is 218 g/mol. The Morgan fingerprint density at radius 2 is 1.82 bits per heavy atom. The van der Waals surface area contributed by atoms with Crippen molar-refractivity contribution in [2.75, 3.05) is 20.0 Å². The van der Waals surface area contributed by atoms with E-state index in [4.69, 9.17) is 15.2 Å². The van der Waals surface area contributed by atoms with E-state index in [0.29, 0.717) is 5.82 Å². The lowest BCUT2D eigenvalue weighted by atomic mass is 10.0. The normalized spacial score (nSPS) is 10.3. The van der Waals surface area contributed by atoms with Gasteiger partial charge in [0.05, 0.1) is 20.4 Å². The maximum absolute atomic E-state index is 5.84. The molecule has 2 aromatic rings. The van der Waals surface area contributed by atoms with Gasteiger partial charge in [-0.05, 0) is 19.1 Å². The Morgan fingerprint density at radius 3 is 2.35 bits per heavy atom. The first-order chi connectivity index (χ1) is 8.19. The van der Waals surface area contributed by atoms with Crippen molar-refractivity contribution in [2.45, 2.75) is 6.92 Å². The van der Waals surface area contributed by atoms with E-state index in [9.17, 15) is 0 Å². The van der Waals surface area contributed by atoms with Crippen LogP contribution in [-0.4, -0.2) is 24.4 Å². The van der Waals surface area contributed by atoms with E-state index in [0.717, 1.165) is 28.2 Å². The molecule has 0 bridgehead atoms. The van der Waals surface area contributed by atoms with Crippen LogP contribution in [0.1, 0.15) is 5.56 Å². The minimum atomic E-state index is 0.514. The summed E-state index contributed by atoms with van der Waals surface area (Å²) in [5, 5.41) is 6.64. The van der Waals surface area contributed by atoms with E-state index < -0.39 is 0 Å². The lowest BCUT2D eigenvalue weighted by Crippen LogP contribution is -1.96. The number of nitrogens with one attached hydrogen (secondary N) is 1. The van der Waals surface area contributed by atoms with Gasteiger partial charge in [-0.25, -0.2) is 0 Å². The molecule has 0 amide bonds. The Balaban J connectivity index is 2.70. The number of methoxy groups -OCH3 is 2. The van der Waals surface area contributed by atoms with Crippen LogP contribution in [-0.2, 0) is 0 Å². The maximum atomic E-state index is 5.84. The van der Waals surface area contributed by atoms with Crippen molar-refractivity contribution in [3.8, 4) is 22.6 Å². The summed E-state index contributed by atoms with van der Waals surface area (Å²) in [6.07, 6.45) is 1.68. The number of aromatic amines is 1. The quantitative estimate of drug-likeness (QED) is 0.850. The number of benzene rings is 1. The van der Waals surface area contributed by atoms with Crippen LogP contribution >= 0.6 is 0 Å². The summed E-state index contributed by atoms with van der Waals surface area (Å²) in [6, 6.07) is 3.72. The largest absolute Gasteiger partial charge is 0.496 e. The first-order valence-corrected chi connectivity index (χ1v) is 5.19. The van der Waals surface area contributed by atoms with Crippen LogP contribution < -0.4 is 15.2 Å². The van der Waals surface area contributed by atoms with E-state index in [1.165, 1.54) is 0 Å². The van der Waals surface area contributed by atoms with Gasteiger partial charge in [-0.2, -0.15) is 5.10 Å². The van der Waals surface area contributed by atoms with Gasteiger partial charge in [0.25, 0.3) is 0 Å². The zero-order valence-corrected chi connectivity index (χ0v) is 10.1. The highest BCUT2D eigenvalue weighted by Crippen LogP contribution is 2.39. The van der Waals surface area contributed by atoms with Crippen molar-refractivity contribution < 1.29 is 9.47 Å². The van der Waals surface area contributed by atoms with E-state index in [1.54, 1.807) is 20.4 Å². The molecule has 3 N–H and O–H groups in total. The molecule has 0 aliphatic carbocycles. The van der Waals surface area contributed by atoms with Gasteiger partial charge in [-0.1, -0.05) is 0 Å². The van der Waals surface area contributed by atoms with E-state index >= 15 is 0 Å². The van der Waals surface area contributed by atoms with E-state index in [2.05, 4.69) is 10.2 Å². The summed E-state index contributed by atoms with van der Waals surface area (Å²) in [4.78, 5) is 0. The number of hydrogen-bond acceptors (Lipinski definition) is 4. The zero-order chi connectivity index (χ0) is 12.4. The van der Waals surface area contributed by atoms with Gasteiger partial charge in [0.1, 0.15) is 17.3 Å². The van der Waals surface area contributed by atoms with Crippen LogP contribution in [0.5, 0.6) is 11.5 Å². The summed E-state index contributed by atoms with van der Waals surface area (Å²) in [7, 11) is 3.26. The second-order valence-corrected chi connectivity index (χ2v) is 3.67. The number of rotatable bonds is 3. The molecule has 1 aromatic carbocycles. The van der Waals surface area contributed by atoms with Crippen molar-refractivity contribution in [1.29, 1.82) is 0 Å². The van der Waals surface area contributed by atoms with Gasteiger partial charge in [-0.15, -0.1) is 0 Å². The molecule has 0 fully saturated rings. The van der Waals surface area contributed by atoms with Crippen LogP contribution in [0, 0.1) is 6.92 Å². The average molecular weight is 233 g/mol. The monoisotopic (exact) mass is 233 g/mol. The van der Waals surface area contributed by atoms with E-state index in [1.807, 2.05) is 19.1 Å². The van der Waals surface area contributed by atoms with Crippen LogP contribution in [0.2, 0.25) is 0 Å². The lowest BCUT2D eigenvalue weighted by molar-refractivity contribution is 0.402.